The number of methoxy groups -OCH3 is 1. The number of rotatable bonds is 4. The second kappa shape index (κ2) is 4.93. The van der Waals surface area contributed by atoms with Crippen LogP contribution in [0.5, 0.6) is 0 Å². The summed E-state index contributed by atoms with van der Waals surface area (Å²) in [5, 5.41) is 3.81. The van der Waals surface area contributed by atoms with E-state index >= 15 is 0 Å². The Labute approximate surface area is 89.0 Å². The molecule has 5 heteroatoms. The largest absolute Gasteiger partial charge is 0.372 e. The lowest BCUT2D eigenvalue weighted by Crippen LogP contribution is -2.35. The number of nitrogens with zero attached hydrogens (tertiary/aromatic N) is 2. The van der Waals surface area contributed by atoms with Gasteiger partial charge >= 0.3 is 0 Å². The minimum absolute atomic E-state index is 0.0712. The van der Waals surface area contributed by atoms with Gasteiger partial charge in [0.05, 0.1) is 6.54 Å². The van der Waals surface area contributed by atoms with Gasteiger partial charge in [-0.3, -0.25) is 4.79 Å². The first kappa shape index (κ1) is 11.7. The molecule has 0 N–H and O–H groups in total. The lowest BCUT2D eigenvalue weighted by molar-refractivity contribution is -0.140. The van der Waals surface area contributed by atoms with Gasteiger partial charge in [0.25, 0.3) is 5.91 Å². The summed E-state index contributed by atoms with van der Waals surface area (Å²) in [6.45, 7) is 3.97. The summed E-state index contributed by atoms with van der Waals surface area (Å²) in [6.07, 6.45) is -0.428. The predicted molar refractivity (Wildman–Crippen MR) is 54.2 cm³/mol. The Hall–Kier alpha value is -1.36. The lowest BCUT2D eigenvalue weighted by Gasteiger charge is -2.19. The molecule has 0 aliphatic carbocycles. The Morgan fingerprint density at radius 1 is 1.73 bits per heavy atom. The standard InChI is InChI=1S/C10H16N2O3/c1-7-5-9(11-15-7)6-12(3)10(13)8(2)14-4/h5,8H,6H2,1-4H3. The molecule has 1 aromatic rings. The third-order valence-corrected chi connectivity index (χ3v) is 2.15. The number of hydrogen-bond acceptors (Lipinski definition) is 4. The first-order valence-electron chi connectivity index (χ1n) is 4.74. The number of aryl methyl sites for hydroxylation is 1. The Kier molecular flexibility index (Phi) is 3.85. The van der Waals surface area contributed by atoms with Crippen LogP contribution in [0.3, 0.4) is 0 Å². The topological polar surface area (TPSA) is 55.6 Å². The van der Waals surface area contributed by atoms with Gasteiger partial charge in [-0.15, -0.1) is 0 Å². The van der Waals surface area contributed by atoms with Crippen molar-refractivity contribution in [2.45, 2.75) is 26.5 Å². The van der Waals surface area contributed by atoms with E-state index in [4.69, 9.17) is 9.26 Å². The smallest absolute Gasteiger partial charge is 0.251 e. The molecule has 15 heavy (non-hydrogen) atoms. The molecule has 1 unspecified atom stereocenters. The fourth-order valence-corrected chi connectivity index (χ4v) is 1.22. The molecular weight excluding hydrogens is 196 g/mol. The van der Waals surface area contributed by atoms with E-state index in [1.54, 1.807) is 24.9 Å². The lowest BCUT2D eigenvalue weighted by atomic mass is 10.3. The summed E-state index contributed by atoms with van der Waals surface area (Å²) in [5.74, 6) is 0.670. The van der Waals surface area contributed by atoms with Gasteiger partial charge in [-0.25, -0.2) is 0 Å². The van der Waals surface area contributed by atoms with E-state index in [0.29, 0.717) is 6.54 Å². The van der Waals surface area contributed by atoms with Gasteiger partial charge in [0.1, 0.15) is 17.6 Å². The number of carbonyl (C=O) groups is 1. The van der Waals surface area contributed by atoms with Crippen molar-refractivity contribution in [1.82, 2.24) is 10.1 Å². The molecule has 0 aliphatic heterocycles. The average molecular weight is 212 g/mol. The Bertz CT molecular complexity index is 335. The second-order valence-corrected chi connectivity index (χ2v) is 3.50. The maximum absolute atomic E-state index is 11.6. The molecule has 0 aliphatic rings. The molecule has 0 spiro atoms. The van der Waals surface area contributed by atoms with Gasteiger partial charge < -0.3 is 14.2 Å². The molecule has 0 bridgehead atoms. The molecule has 5 nitrogen and oxygen atoms in total. The van der Waals surface area contributed by atoms with Crippen LogP contribution in [0.1, 0.15) is 18.4 Å². The highest BCUT2D eigenvalue weighted by Gasteiger charge is 2.17. The number of ether oxygens (including phenoxy) is 1. The van der Waals surface area contributed by atoms with Crippen molar-refractivity contribution in [3.63, 3.8) is 0 Å². The zero-order chi connectivity index (χ0) is 11.4. The average Bonchev–Trinajstić information content (AvgIpc) is 2.61. The van der Waals surface area contributed by atoms with Gasteiger partial charge in [0.2, 0.25) is 0 Å². The molecule has 1 amide bonds. The second-order valence-electron chi connectivity index (χ2n) is 3.50. The van der Waals surface area contributed by atoms with Crippen LogP contribution < -0.4 is 0 Å². The third-order valence-electron chi connectivity index (χ3n) is 2.15. The molecule has 0 saturated heterocycles. The third kappa shape index (κ3) is 3.06. The van der Waals surface area contributed by atoms with E-state index in [9.17, 15) is 4.79 Å². The van der Waals surface area contributed by atoms with Gasteiger partial charge in [0.15, 0.2) is 0 Å². The number of amides is 1. The van der Waals surface area contributed by atoms with E-state index in [2.05, 4.69) is 5.16 Å². The number of hydrogen-bond donors (Lipinski definition) is 0. The highest BCUT2D eigenvalue weighted by molar-refractivity contribution is 5.80. The molecule has 0 saturated carbocycles. The van der Waals surface area contributed by atoms with Gasteiger partial charge in [-0.05, 0) is 13.8 Å². The van der Waals surface area contributed by atoms with Crippen molar-refractivity contribution in [3.8, 4) is 0 Å². The number of likely N-dealkylation sites (N-methyl/N-ethyl adjacent to an activating group) is 1. The van der Waals surface area contributed by atoms with Gasteiger partial charge in [-0.2, -0.15) is 0 Å². The normalized spacial score (nSPS) is 12.5. The highest BCUT2D eigenvalue weighted by Crippen LogP contribution is 2.06. The van der Waals surface area contributed by atoms with Crippen LogP contribution in [0.25, 0.3) is 0 Å². The summed E-state index contributed by atoms with van der Waals surface area (Å²) in [7, 11) is 3.22. The van der Waals surface area contributed by atoms with Crippen molar-refractivity contribution >= 4 is 5.91 Å². The van der Waals surface area contributed by atoms with Crippen LogP contribution in [0.4, 0.5) is 0 Å². The van der Waals surface area contributed by atoms with Crippen LogP contribution in [0.15, 0.2) is 10.6 Å². The number of aromatic nitrogens is 1. The fraction of sp³-hybridized carbons (Fsp3) is 0.600. The van der Waals surface area contributed by atoms with E-state index < -0.39 is 6.10 Å². The summed E-state index contributed by atoms with van der Waals surface area (Å²) in [4.78, 5) is 13.2. The predicted octanol–water partition coefficient (Wildman–Crippen LogP) is 0.976. The molecule has 84 valence electrons. The van der Waals surface area contributed by atoms with Crippen molar-refractivity contribution in [3.05, 3.63) is 17.5 Å². The maximum atomic E-state index is 11.6. The van der Waals surface area contributed by atoms with Crippen LogP contribution in [0.2, 0.25) is 0 Å². The number of carbonyl (C=O) groups excluding carboxylic acids is 1. The quantitative estimate of drug-likeness (QED) is 0.746. The summed E-state index contributed by atoms with van der Waals surface area (Å²) in [6, 6.07) is 1.81. The summed E-state index contributed by atoms with van der Waals surface area (Å²) < 4.78 is 9.85. The van der Waals surface area contributed by atoms with E-state index in [1.165, 1.54) is 7.11 Å². The van der Waals surface area contributed by atoms with Crippen molar-refractivity contribution in [2.75, 3.05) is 14.2 Å². The Morgan fingerprint density at radius 2 is 2.40 bits per heavy atom. The van der Waals surface area contributed by atoms with E-state index in [1.807, 2.05) is 6.92 Å². The van der Waals surface area contributed by atoms with Crippen molar-refractivity contribution in [1.29, 1.82) is 0 Å². The molecule has 1 rings (SSSR count). The highest BCUT2D eigenvalue weighted by atomic mass is 16.5. The zero-order valence-electron chi connectivity index (χ0n) is 9.48. The Balaban J connectivity index is 2.55. The van der Waals surface area contributed by atoms with Crippen LogP contribution >= 0.6 is 0 Å². The van der Waals surface area contributed by atoms with Gasteiger partial charge in [0, 0.05) is 20.2 Å². The minimum atomic E-state index is -0.428. The molecule has 0 fully saturated rings. The molecule has 0 radical (unpaired) electrons. The minimum Gasteiger partial charge on any atom is -0.372 e. The van der Waals surface area contributed by atoms with Gasteiger partial charge in [-0.1, -0.05) is 5.16 Å². The van der Waals surface area contributed by atoms with E-state index in [-0.39, 0.29) is 5.91 Å². The van der Waals surface area contributed by atoms with Crippen molar-refractivity contribution < 1.29 is 14.1 Å². The summed E-state index contributed by atoms with van der Waals surface area (Å²) >= 11 is 0. The molecule has 0 aromatic carbocycles. The molecule has 1 aromatic heterocycles. The van der Waals surface area contributed by atoms with Crippen LogP contribution in [-0.2, 0) is 16.1 Å². The fourth-order valence-electron chi connectivity index (χ4n) is 1.22. The molecule has 1 heterocycles. The first-order valence-corrected chi connectivity index (χ1v) is 4.74. The summed E-state index contributed by atoms with van der Waals surface area (Å²) in [5.41, 5.74) is 0.742. The molecule has 1 atom stereocenters. The maximum Gasteiger partial charge on any atom is 0.251 e. The van der Waals surface area contributed by atoms with Crippen LogP contribution in [-0.4, -0.2) is 36.2 Å². The van der Waals surface area contributed by atoms with Crippen LogP contribution in [0, 0.1) is 6.92 Å². The first-order chi connectivity index (χ1) is 7.04. The SMILES string of the molecule is COC(C)C(=O)N(C)Cc1cc(C)on1. The zero-order valence-corrected chi connectivity index (χ0v) is 9.48. The monoisotopic (exact) mass is 212 g/mol. The molecular formula is C10H16N2O3. The Morgan fingerprint density at radius 3 is 2.87 bits per heavy atom. The van der Waals surface area contributed by atoms with Crippen molar-refractivity contribution in [2.24, 2.45) is 0 Å². The van der Waals surface area contributed by atoms with E-state index in [0.717, 1.165) is 11.5 Å².